The number of fused-ring (bicyclic) bond motifs is 1. The van der Waals surface area contributed by atoms with E-state index in [2.05, 4.69) is 10.1 Å². The summed E-state index contributed by atoms with van der Waals surface area (Å²) in [6, 6.07) is 18.5. The van der Waals surface area contributed by atoms with Crippen LogP contribution in [0.25, 0.3) is 17.1 Å². The van der Waals surface area contributed by atoms with E-state index in [4.69, 9.17) is 4.42 Å². The Hall–Kier alpha value is -3.21. The van der Waals surface area contributed by atoms with Gasteiger partial charge in [0, 0.05) is 5.56 Å². The fourth-order valence-electron chi connectivity index (χ4n) is 2.51. The zero-order valence-corrected chi connectivity index (χ0v) is 12.2. The first-order valence-corrected chi connectivity index (χ1v) is 7.28. The minimum absolute atomic E-state index is 0.000977. The molecule has 1 aromatic carbocycles. The Morgan fingerprint density at radius 1 is 1.00 bits per heavy atom. The number of hydrogen-bond acceptors (Lipinski definition) is 4. The number of rotatable bonds is 4. The molecule has 4 aromatic rings. The molecular weight excluding hydrogens is 290 g/mol. The Kier molecular flexibility index (Phi) is 3.24. The van der Waals surface area contributed by atoms with Gasteiger partial charge in [-0.1, -0.05) is 36.4 Å². The Morgan fingerprint density at radius 3 is 2.65 bits per heavy atom. The van der Waals surface area contributed by atoms with Crippen molar-refractivity contribution >= 4 is 11.4 Å². The molecule has 0 aliphatic rings. The molecule has 112 valence electrons. The molecule has 0 unspecified atom stereocenters. The topological polar surface area (TPSA) is 60.4 Å². The van der Waals surface area contributed by atoms with Crippen molar-refractivity contribution in [3.63, 3.8) is 0 Å². The van der Waals surface area contributed by atoms with Gasteiger partial charge in [0.15, 0.2) is 23.0 Å². The van der Waals surface area contributed by atoms with E-state index in [0.29, 0.717) is 22.8 Å². The fourth-order valence-corrected chi connectivity index (χ4v) is 2.51. The summed E-state index contributed by atoms with van der Waals surface area (Å²) in [5.41, 5.74) is 2.16. The van der Waals surface area contributed by atoms with E-state index in [1.807, 2.05) is 48.5 Å². The number of furan rings is 1. The summed E-state index contributed by atoms with van der Waals surface area (Å²) in [5.74, 6) is 1.21. The number of benzene rings is 1. The van der Waals surface area contributed by atoms with E-state index in [0.717, 1.165) is 5.69 Å². The molecule has 0 amide bonds. The van der Waals surface area contributed by atoms with Gasteiger partial charge in [-0.25, -0.2) is 9.50 Å². The van der Waals surface area contributed by atoms with Crippen LogP contribution >= 0.6 is 0 Å². The predicted molar refractivity (Wildman–Crippen MR) is 85.2 cm³/mol. The van der Waals surface area contributed by atoms with Crippen LogP contribution in [0.15, 0.2) is 71.3 Å². The normalized spacial score (nSPS) is 11.0. The monoisotopic (exact) mass is 303 g/mol. The smallest absolute Gasteiger partial charge is 0.170 e. The summed E-state index contributed by atoms with van der Waals surface area (Å²) in [5, 5.41) is 4.46. The lowest BCUT2D eigenvalue weighted by atomic mass is 10.1. The molecule has 0 aliphatic heterocycles. The Balaban J connectivity index is 1.70. The van der Waals surface area contributed by atoms with Crippen LogP contribution in [0.2, 0.25) is 0 Å². The van der Waals surface area contributed by atoms with Crippen LogP contribution in [-0.4, -0.2) is 20.4 Å². The van der Waals surface area contributed by atoms with E-state index in [1.54, 1.807) is 22.9 Å². The average molecular weight is 303 g/mol. The van der Waals surface area contributed by atoms with Gasteiger partial charge in [0.05, 0.1) is 12.7 Å². The second-order valence-corrected chi connectivity index (χ2v) is 5.15. The Bertz CT molecular complexity index is 957. The standard InChI is InChI=1S/C18H13N3O2/c22-15(13-6-2-1-3-7-13)12-17-19-18-10-4-8-14(21(18)20-17)16-9-5-11-23-16/h1-11H,12H2. The largest absolute Gasteiger partial charge is 0.463 e. The first kappa shape index (κ1) is 13.5. The first-order valence-electron chi connectivity index (χ1n) is 7.28. The SMILES string of the molecule is O=C(Cc1nc2cccc(-c3ccco3)n2n1)c1ccccc1. The molecule has 0 radical (unpaired) electrons. The van der Waals surface area contributed by atoms with Gasteiger partial charge in [-0.05, 0) is 24.3 Å². The number of carbonyl (C=O) groups is 1. The van der Waals surface area contributed by atoms with Crippen molar-refractivity contribution in [3.05, 3.63) is 78.3 Å². The van der Waals surface area contributed by atoms with Crippen LogP contribution in [-0.2, 0) is 6.42 Å². The maximum atomic E-state index is 12.3. The van der Waals surface area contributed by atoms with Crippen LogP contribution < -0.4 is 0 Å². The van der Waals surface area contributed by atoms with Crippen molar-refractivity contribution in [1.82, 2.24) is 14.6 Å². The summed E-state index contributed by atoms with van der Waals surface area (Å²) < 4.78 is 7.13. The lowest BCUT2D eigenvalue weighted by Crippen LogP contribution is -2.05. The van der Waals surface area contributed by atoms with Gasteiger partial charge in [-0.3, -0.25) is 4.79 Å². The van der Waals surface area contributed by atoms with E-state index in [9.17, 15) is 4.79 Å². The molecule has 0 spiro atoms. The van der Waals surface area contributed by atoms with Crippen LogP contribution in [0, 0.1) is 0 Å². The van der Waals surface area contributed by atoms with Crippen molar-refractivity contribution in [2.75, 3.05) is 0 Å². The maximum absolute atomic E-state index is 12.3. The molecule has 0 N–H and O–H groups in total. The van der Waals surface area contributed by atoms with Crippen LogP contribution in [0.5, 0.6) is 0 Å². The van der Waals surface area contributed by atoms with Gasteiger partial charge in [-0.2, -0.15) is 5.10 Å². The summed E-state index contributed by atoms with van der Waals surface area (Å²) in [6.45, 7) is 0. The molecule has 0 bridgehead atoms. The van der Waals surface area contributed by atoms with Crippen molar-refractivity contribution in [3.8, 4) is 11.5 Å². The minimum atomic E-state index is 0.000977. The summed E-state index contributed by atoms with van der Waals surface area (Å²) >= 11 is 0. The van der Waals surface area contributed by atoms with Gasteiger partial charge in [0.1, 0.15) is 5.69 Å². The molecule has 0 saturated carbocycles. The van der Waals surface area contributed by atoms with Crippen molar-refractivity contribution < 1.29 is 9.21 Å². The summed E-state index contributed by atoms with van der Waals surface area (Å²) in [7, 11) is 0. The molecule has 4 rings (SSSR count). The van der Waals surface area contributed by atoms with Gasteiger partial charge >= 0.3 is 0 Å². The number of hydrogen-bond donors (Lipinski definition) is 0. The highest BCUT2D eigenvalue weighted by molar-refractivity contribution is 5.97. The van der Waals surface area contributed by atoms with Crippen molar-refractivity contribution in [2.24, 2.45) is 0 Å². The van der Waals surface area contributed by atoms with E-state index >= 15 is 0 Å². The lowest BCUT2D eigenvalue weighted by Gasteiger charge is -1.99. The molecular formula is C18H13N3O2. The zero-order chi connectivity index (χ0) is 15.6. The molecule has 5 heteroatoms. The highest BCUT2D eigenvalue weighted by Gasteiger charge is 2.14. The van der Waals surface area contributed by atoms with Crippen LogP contribution in [0.3, 0.4) is 0 Å². The predicted octanol–water partition coefficient (Wildman–Crippen LogP) is 3.41. The second kappa shape index (κ2) is 5.53. The van der Waals surface area contributed by atoms with Crippen molar-refractivity contribution in [2.45, 2.75) is 6.42 Å². The van der Waals surface area contributed by atoms with Gasteiger partial charge < -0.3 is 4.42 Å². The number of nitrogens with zero attached hydrogens (tertiary/aromatic N) is 3. The minimum Gasteiger partial charge on any atom is -0.463 e. The highest BCUT2D eigenvalue weighted by atomic mass is 16.3. The third kappa shape index (κ3) is 2.53. The molecule has 0 fully saturated rings. The molecule has 0 aliphatic carbocycles. The summed E-state index contributed by atoms with van der Waals surface area (Å²) in [4.78, 5) is 16.7. The zero-order valence-electron chi connectivity index (χ0n) is 12.2. The van der Waals surface area contributed by atoms with E-state index < -0.39 is 0 Å². The number of carbonyl (C=O) groups excluding carboxylic acids is 1. The molecule has 23 heavy (non-hydrogen) atoms. The maximum Gasteiger partial charge on any atom is 0.170 e. The number of pyridine rings is 1. The van der Waals surface area contributed by atoms with Gasteiger partial charge in [-0.15, -0.1) is 0 Å². The van der Waals surface area contributed by atoms with Gasteiger partial charge in [0.2, 0.25) is 0 Å². The molecule has 3 aromatic heterocycles. The average Bonchev–Trinajstić information content (AvgIpc) is 3.24. The quantitative estimate of drug-likeness (QED) is 0.542. The fraction of sp³-hybridized carbons (Fsp3) is 0.0556. The summed E-state index contributed by atoms with van der Waals surface area (Å²) in [6.07, 6.45) is 1.79. The van der Waals surface area contributed by atoms with Gasteiger partial charge in [0.25, 0.3) is 0 Å². The van der Waals surface area contributed by atoms with E-state index in [-0.39, 0.29) is 12.2 Å². The molecule has 3 heterocycles. The first-order chi connectivity index (χ1) is 11.3. The third-order valence-electron chi connectivity index (χ3n) is 3.59. The van der Waals surface area contributed by atoms with Crippen molar-refractivity contribution in [1.29, 1.82) is 0 Å². The van der Waals surface area contributed by atoms with Crippen LogP contribution in [0.4, 0.5) is 0 Å². The third-order valence-corrected chi connectivity index (χ3v) is 3.59. The van der Waals surface area contributed by atoms with E-state index in [1.165, 1.54) is 0 Å². The number of aromatic nitrogens is 3. The lowest BCUT2D eigenvalue weighted by molar-refractivity contribution is 0.0991. The highest BCUT2D eigenvalue weighted by Crippen LogP contribution is 2.20. The Labute approximate surface area is 132 Å². The molecule has 0 atom stereocenters. The number of ketones is 1. The second-order valence-electron chi connectivity index (χ2n) is 5.15. The van der Waals surface area contributed by atoms with Crippen LogP contribution in [0.1, 0.15) is 16.2 Å². The molecule has 5 nitrogen and oxygen atoms in total. The molecule has 0 saturated heterocycles. The Morgan fingerprint density at radius 2 is 1.87 bits per heavy atom. The number of Topliss-reactive ketones (excluding diaryl/α,β-unsaturated/α-hetero) is 1.